The highest BCUT2D eigenvalue weighted by atomic mass is 32.2. The van der Waals surface area contributed by atoms with E-state index < -0.39 is 14.8 Å². The van der Waals surface area contributed by atoms with Crippen LogP contribution >= 0.6 is 0 Å². The molecule has 16 heavy (non-hydrogen) atoms. The lowest BCUT2D eigenvalue weighted by atomic mass is 10.3. The molecule has 0 aliphatic heterocycles. The monoisotopic (exact) mass is 251 g/mol. The van der Waals surface area contributed by atoms with E-state index in [4.69, 9.17) is 4.74 Å². The van der Waals surface area contributed by atoms with Gasteiger partial charge in [0.2, 0.25) is 10.0 Å². The Hall–Kier alpha value is -0.620. The smallest absolute Gasteiger partial charge is 0.305 e. The van der Waals surface area contributed by atoms with E-state index in [2.05, 4.69) is 4.72 Å². The Labute approximate surface area is 97.6 Å². The third-order valence-electron chi connectivity index (χ3n) is 1.92. The molecule has 0 saturated heterocycles. The molecule has 6 heteroatoms. The third kappa shape index (κ3) is 5.46. The molecule has 0 aromatic heterocycles. The summed E-state index contributed by atoms with van der Waals surface area (Å²) in [4.78, 5) is 11.0. The van der Waals surface area contributed by atoms with E-state index in [1.54, 1.807) is 20.8 Å². The average molecular weight is 251 g/mol. The highest BCUT2D eigenvalue weighted by Gasteiger charge is 2.28. The van der Waals surface area contributed by atoms with Crippen molar-refractivity contribution < 1.29 is 17.9 Å². The van der Waals surface area contributed by atoms with Crippen LogP contribution in [-0.2, 0) is 19.6 Å². The first-order valence-corrected chi connectivity index (χ1v) is 6.84. The van der Waals surface area contributed by atoms with Gasteiger partial charge in [-0.15, -0.1) is 0 Å². The number of hydrogen-bond acceptors (Lipinski definition) is 4. The van der Waals surface area contributed by atoms with Gasteiger partial charge in [0, 0.05) is 13.0 Å². The highest BCUT2D eigenvalue weighted by molar-refractivity contribution is 7.90. The van der Waals surface area contributed by atoms with E-state index in [0.29, 0.717) is 6.42 Å². The molecule has 96 valence electrons. The van der Waals surface area contributed by atoms with E-state index in [9.17, 15) is 13.2 Å². The molecular weight excluding hydrogens is 230 g/mol. The summed E-state index contributed by atoms with van der Waals surface area (Å²) >= 11 is 0. The molecule has 0 aromatic carbocycles. The molecule has 1 N–H and O–H groups in total. The standard InChI is InChI=1S/C10H21NO4S/c1-5-6-9(12)15-8-7-11-16(13,14)10(2,3)4/h11H,5-8H2,1-4H3. The molecule has 0 heterocycles. The zero-order chi connectivity index (χ0) is 12.8. The maximum Gasteiger partial charge on any atom is 0.305 e. The van der Waals surface area contributed by atoms with Gasteiger partial charge in [-0.25, -0.2) is 13.1 Å². The minimum atomic E-state index is -3.35. The molecule has 5 nitrogen and oxygen atoms in total. The molecule has 0 aliphatic carbocycles. The van der Waals surface area contributed by atoms with Crippen LogP contribution in [0.4, 0.5) is 0 Å². The van der Waals surface area contributed by atoms with Gasteiger partial charge in [-0.05, 0) is 27.2 Å². The second-order valence-corrected chi connectivity index (χ2v) is 7.00. The fourth-order valence-corrected chi connectivity index (χ4v) is 1.62. The summed E-state index contributed by atoms with van der Waals surface area (Å²) in [7, 11) is -3.35. The Kier molecular flexibility index (Phi) is 5.96. The molecule has 0 radical (unpaired) electrons. The van der Waals surface area contributed by atoms with Crippen molar-refractivity contribution >= 4 is 16.0 Å². The summed E-state index contributed by atoms with van der Waals surface area (Å²) in [6.07, 6.45) is 1.10. The maximum absolute atomic E-state index is 11.6. The lowest BCUT2D eigenvalue weighted by Crippen LogP contribution is -2.40. The SMILES string of the molecule is CCCC(=O)OCCNS(=O)(=O)C(C)(C)C. The van der Waals surface area contributed by atoms with Crippen LogP contribution < -0.4 is 4.72 Å². The number of esters is 1. The number of ether oxygens (including phenoxy) is 1. The van der Waals surface area contributed by atoms with Crippen LogP contribution in [0.1, 0.15) is 40.5 Å². The molecule has 0 spiro atoms. The number of rotatable bonds is 6. The van der Waals surface area contributed by atoms with Crippen molar-refractivity contribution in [3.63, 3.8) is 0 Å². The fourth-order valence-electron chi connectivity index (χ4n) is 0.834. The van der Waals surface area contributed by atoms with E-state index in [-0.39, 0.29) is 19.1 Å². The van der Waals surface area contributed by atoms with Gasteiger partial charge in [0.05, 0.1) is 4.75 Å². The number of nitrogens with one attached hydrogen (secondary N) is 1. The number of sulfonamides is 1. The van der Waals surface area contributed by atoms with Crippen LogP contribution in [-0.4, -0.2) is 32.3 Å². The van der Waals surface area contributed by atoms with Gasteiger partial charge in [0.1, 0.15) is 6.61 Å². The number of hydrogen-bond donors (Lipinski definition) is 1. The van der Waals surface area contributed by atoms with Gasteiger partial charge in [-0.2, -0.15) is 0 Å². The molecule has 0 bridgehead atoms. The molecule has 0 aliphatic rings. The van der Waals surface area contributed by atoms with Crippen molar-refractivity contribution in [2.75, 3.05) is 13.2 Å². The molecule has 0 amide bonds. The van der Waals surface area contributed by atoms with Crippen LogP contribution in [0.2, 0.25) is 0 Å². The topological polar surface area (TPSA) is 72.5 Å². The Balaban J connectivity index is 3.88. The van der Waals surface area contributed by atoms with Gasteiger partial charge < -0.3 is 4.74 Å². The van der Waals surface area contributed by atoms with Crippen molar-refractivity contribution in [3.8, 4) is 0 Å². The summed E-state index contributed by atoms with van der Waals surface area (Å²) in [5.41, 5.74) is 0. The van der Waals surface area contributed by atoms with Crippen LogP contribution in [0.3, 0.4) is 0 Å². The van der Waals surface area contributed by atoms with Gasteiger partial charge in [-0.1, -0.05) is 6.92 Å². The maximum atomic E-state index is 11.6. The molecule has 0 fully saturated rings. The third-order valence-corrected chi connectivity index (χ3v) is 4.11. The van der Waals surface area contributed by atoms with E-state index in [1.807, 2.05) is 6.92 Å². The van der Waals surface area contributed by atoms with Crippen LogP contribution in [0.5, 0.6) is 0 Å². The van der Waals surface area contributed by atoms with Crippen LogP contribution in [0.25, 0.3) is 0 Å². The molecule has 0 unspecified atom stereocenters. The first-order chi connectivity index (χ1) is 7.20. The summed E-state index contributed by atoms with van der Waals surface area (Å²) in [6.45, 7) is 6.90. The summed E-state index contributed by atoms with van der Waals surface area (Å²) < 4.78 is 29.5. The Morgan fingerprint density at radius 3 is 2.31 bits per heavy atom. The molecule has 0 aromatic rings. The summed E-state index contributed by atoms with van der Waals surface area (Å²) in [5.74, 6) is -0.294. The lowest BCUT2D eigenvalue weighted by molar-refractivity contribution is -0.143. The van der Waals surface area contributed by atoms with Gasteiger partial charge in [0.25, 0.3) is 0 Å². The number of carbonyl (C=O) groups excluding carboxylic acids is 1. The Morgan fingerprint density at radius 1 is 1.31 bits per heavy atom. The highest BCUT2D eigenvalue weighted by Crippen LogP contribution is 2.12. The van der Waals surface area contributed by atoms with Crippen molar-refractivity contribution in [3.05, 3.63) is 0 Å². The van der Waals surface area contributed by atoms with Gasteiger partial charge in [-0.3, -0.25) is 4.79 Å². The Morgan fingerprint density at radius 2 is 1.88 bits per heavy atom. The summed E-state index contributed by atoms with van der Waals surface area (Å²) in [5, 5.41) is 0. The summed E-state index contributed by atoms with van der Waals surface area (Å²) in [6, 6.07) is 0. The quantitative estimate of drug-likeness (QED) is 0.565. The second kappa shape index (κ2) is 6.20. The zero-order valence-electron chi connectivity index (χ0n) is 10.4. The minimum absolute atomic E-state index is 0.0775. The first-order valence-electron chi connectivity index (χ1n) is 5.35. The van der Waals surface area contributed by atoms with Crippen LogP contribution in [0, 0.1) is 0 Å². The minimum Gasteiger partial charge on any atom is -0.464 e. The molecule has 0 rings (SSSR count). The largest absolute Gasteiger partial charge is 0.464 e. The average Bonchev–Trinajstić information content (AvgIpc) is 2.11. The Bertz CT molecular complexity index is 316. The molecule has 0 saturated carbocycles. The predicted molar refractivity (Wildman–Crippen MR) is 62.5 cm³/mol. The predicted octanol–water partition coefficient (Wildman–Crippen LogP) is 1.05. The van der Waals surface area contributed by atoms with E-state index >= 15 is 0 Å². The normalized spacial score (nSPS) is 12.5. The van der Waals surface area contributed by atoms with Crippen molar-refractivity contribution in [2.45, 2.75) is 45.3 Å². The van der Waals surface area contributed by atoms with Crippen molar-refractivity contribution in [1.82, 2.24) is 4.72 Å². The van der Waals surface area contributed by atoms with Gasteiger partial charge >= 0.3 is 5.97 Å². The zero-order valence-corrected chi connectivity index (χ0v) is 11.2. The van der Waals surface area contributed by atoms with Gasteiger partial charge in [0.15, 0.2) is 0 Å². The fraction of sp³-hybridized carbons (Fsp3) is 0.900. The van der Waals surface area contributed by atoms with Crippen LogP contribution in [0.15, 0.2) is 0 Å². The van der Waals surface area contributed by atoms with Crippen molar-refractivity contribution in [2.24, 2.45) is 0 Å². The second-order valence-electron chi connectivity index (χ2n) is 4.48. The molecular formula is C10H21NO4S. The number of carbonyl (C=O) groups is 1. The van der Waals surface area contributed by atoms with E-state index in [1.165, 1.54) is 0 Å². The van der Waals surface area contributed by atoms with Crippen molar-refractivity contribution in [1.29, 1.82) is 0 Å². The first kappa shape index (κ1) is 15.4. The lowest BCUT2D eigenvalue weighted by Gasteiger charge is -2.19. The molecule has 0 atom stereocenters. The van der Waals surface area contributed by atoms with E-state index in [0.717, 1.165) is 6.42 Å².